The molecule has 244 valence electrons. The van der Waals surface area contributed by atoms with Crippen LogP contribution in [-0.2, 0) is 0 Å². The zero-order chi connectivity index (χ0) is 31.8. The van der Waals surface area contributed by atoms with E-state index in [0.29, 0.717) is 42.4 Å². The fraction of sp³-hybridized carbons (Fsp3) is 0.571. The van der Waals surface area contributed by atoms with E-state index < -0.39 is 6.09 Å². The third-order valence-electron chi connectivity index (χ3n) is 9.68. The van der Waals surface area contributed by atoms with Gasteiger partial charge in [-0.1, -0.05) is 47.3 Å². The highest BCUT2D eigenvalue weighted by molar-refractivity contribution is 9.10. The largest absolute Gasteiger partial charge is 0.493 e. The number of aromatic nitrogens is 2. The van der Waals surface area contributed by atoms with E-state index in [-0.39, 0.29) is 6.04 Å². The summed E-state index contributed by atoms with van der Waals surface area (Å²) in [6.07, 6.45) is 9.53. The first-order valence-electron chi connectivity index (χ1n) is 16.5. The van der Waals surface area contributed by atoms with Crippen LogP contribution < -0.4 is 14.8 Å². The predicted octanol–water partition coefficient (Wildman–Crippen LogP) is 8.07. The fourth-order valence-corrected chi connectivity index (χ4v) is 7.19. The molecule has 3 heterocycles. The van der Waals surface area contributed by atoms with Gasteiger partial charge in [0, 0.05) is 29.0 Å². The number of ether oxygens (including phenoxy) is 2. The normalized spacial score (nSPS) is 17.4. The van der Waals surface area contributed by atoms with Crippen LogP contribution in [0.5, 0.6) is 11.5 Å². The van der Waals surface area contributed by atoms with E-state index >= 15 is 0 Å². The fourth-order valence-electron chi connectivity index (χ4n) is 6.77. The Balaban J connectivity index is 1.03. The molecule has 9 nitrogen and oxygen atoms in total. The molecule has 5 rings (SSSR count). The van der Waals surface area contributed by atoms with Gasteiger partial charge in [-0.15, -0.1) is 0 Å². The van der Waals surface area contributed by atoms with Crippen LogP contribution in [0.25, 0.3) is 10.9 Å². The molecular weight excluding hydrogens is 634 g/mol. The van der Waals surface area contributed by atoms with Crippen LogP contribution in [0.15, 0.2) is 40.9 Å². The predicted molar refractivity (Wildman–Crippen MR) is 183 cm³/mol. The number of rotatable bonds is 13. The molecule has 0 aliphatic carbocycles. The van der Waals surface area contributed by atoms with Crippen LogP contribution in [-0.4, -0.2) is 77.4 Å². The third-order valence-corrected chi connectivity index (χ3v) is 10.2. The summed E-state index contributed by atoms with van der Waals surface area (Å²) in [6, 6.07) is 12.3. The summed E-state index contributed by atoms with van der Waals surface area (Å²) < 4.78 is 13.0. The Kier molecular flexibility index (Phi) is 11.4. The number of anilines is 1. The smallest absolute Gasteiger partial charge is 0.407 e. The van der Waals surface area contributed by atoms with Crippen LogP contribution in [0.4, 0.5) is 10.6 Å². The molecule has 2 saturated heterocycles. The number of halogens is 1. The van der Waals surface area contributed by atoms with Gasteiger partial charge in [0.05, 0.1) is 25.3 Å². The number of aryl methyl sites for hydroxylation is 1. The molecular formula is C35H48BrN5O4. The van der Waals surface area contributed by atoms with Gasteiger partial charge >= 0.3 is 6.09 Å². The average molecular weight is 683 g/mol. The average Bonchev–Trinajstić information content (AvgIpc) is 3.03. The Morgan fingerprint density at radius 1 is 1.00 bits per heavy atom. The Labute approximate surface area is 275 Å². The van der Waals surface area contributed by atoms with Gasteiger partial charge in [0.15, 0.2) is 11.5 Å². The third kappa shape index (κ3) is 8.79. The number of piperidine rings is 2. The number of carboxylic acid groups (broad SMARTS) is 1. The summed E-state index contributed by atoms with van der Waals surface area (Å²) in [7, 11) is 1.67. The van der Waals surface area contributed by atoms with Gasteiger partial charge in [-0.2, -0.15) is 0 Å². The number of hydrogen-bond acceptors (Lipinski definition) is 7. The lowest BCUT2D eigenvalue weighted by Crippen LogP contribution is -2.48. The molecule has 0 saturated carbocycles. The Bertz CT molecular complexity index is 1440. The van der Waals surface area contributed by atoms with Crippen molar-refractivity contribution in [3.8, 4) is 11.5 Å². The molecule has 45 heavy (non-hydrogen) atoms. The molecule has 2 aromatic carbocycles. The maximum absolute atomic E-state index is 11.2. The quantitative estimate of drug-likeness (QED) is 0.175. The van der Waals surface area contributed by atoms with Crippen molar-refractivity contribution in [2.45, 2.75) is 77.7 Å². The molecule has 2 aliphatic rings. The number of nitrogens with one attached hydrogen (secondary N) is 1. The van der Waals surface area contributed by atoms with Crippen molar-refractivity contribution in [1.29, 1.82) is 0 Å². The summed E-state index contributed by atoms with van der Waals surface area (Å²) in [5.74, 6) is 2.88. The molecule has 0 bridgehead atoms. The monoisotopic (exact) mass is 681 g/mol. The van der Waals surface area contributed by atoms with Gasteiger partial charge in [-0.3, -0.25) is 0 Å². The minimum Gasteiger partial charge on any atom is -0.493 e. The second kappa shape index (κ2) is 15.5. The van der Waals surface area contributed by atoms with Gasteiger partial charge < -0.3 is 29.7 Å². The number of fused-ring (bicyclic) bond motifs is 1. The summed E-state index contributed by atoms with van der Waals surface area (Å²) in [5, 5.41) is 13.7. The van der Waals surface area contributed by atoms with Gasteiger partial charge in [0.25, 0.3) is 0 Å². The lowest BCUT2D eigenvalue weighted by Gasteiger charge is -2.46. The van der Waals surface area contributed by atoms with E-state index in [1.165, 1.54) is 38.6 Å². The van der Waals surface area contributed by atoms with Crippen LogP contribution in [0.1, 0.15) is 82.1 Å². The van der Waals surface area contributed by atoms with E-state index in [4.69, 9.17) is 19.4 Å². The van der Waals surface area contributed by atoms with Crippen molar-refractivity contribution < 1.29 is 19.4 Å². The van der Waals surface area contributed by atoms with E-state index in [0.717, 1.165) is 65.5 Å². The lowest BCUT2D eigenvalue weighted by molar-refractivity contribution is 0.0359. The summed E-state index contributed by atoms with van der Waals surface area (Å²) >= 11 is 3.57. The molecule has 1 spiro atoms. The molecule has 1 aromatic heterocycles. The number of benzene rings is 2. The SMILES string of the molecule is COc1cc2c(N[C@H](C)c3cccc(Br)c3)nc(C)nc2cc1OCCCCCCCN1CCC2(CC1)CCN(C(=O)O)CC2. The molecule has 0 unspecified atom stereocenters. The van der Waals surface area contributed by atoms with Crippen molar-refractivity contribution in [2.24, 2.45) is 5.41 Å². The van der Waals surface area contributed by atoms with Crippen molar-refractivity contribution in [2.75, 3.05) is 51.8 Å². The molecule has 2 aliphatic heterocycles. The van der Waals surface area contributed by atoms with E-state index in [2.05, 4.69) is 45.2 Å². The van der Waals surface area contributed by atoms with Crippen LogP contribution >= 0.6 is 15.9 Å². The highest BCUT2D eigenvalue weighted by Gasteiger charge is 2.38. The number of methoxy groups -OCH3 is 1. The topological polar surface area (TPSA) is 100 Å². The first-order chi connectivity index (χ1) is 21.7. The lowest BCUT2D eigenvalue weighted by atomic mass is 9.71. The van der Waals surface area contributed by atoms with E-state index in [1.807, 2.05) is 31.2 Å². The van der Waals surface area contributed by atoms with Gasteiger partial charge in [-0.25, -0.2) is 14.8 Å². The summed E-state index contributed by atoms with van der Waals surface area (Å²) in [6.45, 7) is 9.55. The molecule has 0 radical (unpaired) electrons. The molecule has 10 heteroatoms. The van der Waals surface area contributed by atoms with Crippen molar-refractivity contribution in [3.63, 3.8) is 0 Å². The highest BCUT2D eigenvalue weighted by Crippen LogP contribution is 2.41. The van der Waals surface area contributed by atoms with Gasteiger partial charge in [-0.05, 0) is 101 Å². The van der Waals surface area contributed by atoms with Crippen LogP contribution in [0.2, 0.25) is 0 Å². The van der Waals surface area contributed by atoms with Gasteiger partial charge in [0.2, 0.25) is 0 Å². The van der Waals surface area contributed by atoms with Crippen LogP contribution in [0.3, 0.4) is 0 Å². The number of carbonyl (C=O) groups is 1. The van der Waals surface area contributed by atoms with Crippen molar-refractivity contribution >= 4 is 38.7 Å². The molecule has 1 amide bonds. The standard InChI is InChI=1S/C35H48BrN5O4/c1-25(27-10-9-11-28(36)22-27)37-33-29-23-31(44-3)32(24-30(29)38-26(2)39-33)45-21-8-6-4-5-7-16-40-17-12-35(13-18-40)14-19-41(20-15-35)34(42)43/h9-11,22-25H,4-8,12-21H2,1-3H3,(H,42,43)(H,37,38,39)/t25-/m1/s1. The molecule has 2 fully saturated rings. The van der Waals surface area contributed by atoms with Crippen LogP contribution in [0, 0.1) is 12.3 Å². The van der Waals surface area contributed by atoms with E-state index in [1.54, 1.807) is 12.0 Å². The zero-order valence-electron chi connectivity index (χ0n) is 27.0. The summed E-state index contributed by atoms with van der Waals surface area (Å²) in [5.41, 5.74) is 2.37. The zero-order valence-corrected chi connectivity index (χ0v) is 28.6. The van der Waals surface area contributed by atoms with Crippen molar-refractivity contribution in [3.05, 3.63) is 52.3 Å². The maximum atomic E-state index is 11.2. The Morgan fingerprint density at radius 2 is 1.71 bits per heavy atom. The second-order valence-electron chi connectivity index (χ2n) is 12.8. The number of nitrogens with zero attached hydrogens (tertiary/aromatic N) is 4. The Morgan fingerprint density at radius 3 is 2.42 bits per heavy atom. The molecule has 1 atom stereocenters. The number of unbranched alkanes of at least 4 members (excludes halogenated alkanes) is 4. The highest BCUT2D eigenvalue weighted by atomic mass is 79.9. The second-order valence-corrected chi connectivity index (χ2v) is 13.7. The number of hydrogen-bond donors (Lipinski definition) is 2. The Hall–Kier alpha value is -3.11. The minimum atomic E-state index is -0.766. The van der Waals surface area contributed by atoms with Gasteiger partial charge in [0.1, 0.15) is 11.6 Å². The van der Waals surface area contributed by atoms with E-state index in [9.17, 15) is 9.90 Å². The summed E-state index contributed by atoms with van der Waals surface area (Å²) in [4.78, 5) is 24.8. The first-order valence-corrected chi connectivity index (χ1v) is 17.3. The number of likely N-dealkylation sites (tertiary alicyclic amines) is 2. The first kappa shape index (κ1) is 33.3. The maximum Gasteiger partial charge on any atom is 0.407 e. The number of amides is 1. The minimum absolute atomic E-state index is 0.0595. The molecule has 3 aromatic rings. The van der Waals surface area contributed by atoms with Crippen molar-refractivity contribution in [1.82, 2.24) is 19.8 Å². The molecule has 2 N–H and O–H groups in total.